The lowest BCUT2D eigenvalue weighted by atomic mass is 9.99. The Bertz CT molecular complexity index is 303. The summed E-state index contributed by atoms with van der Waals surface area (Å²) >= 11 is 1.98. The number of hydrogen-bond acceptors (Lipinski definition) is 3. The number of rotatable bonds is 4. The smallest absolute Gasteiger partial charge is 0.236 e. The molecular formula is C15H28N2OS. The summed E-state index contributed by atoms with van der Waals surface area (Å²) < 4.78 is 0. The van der Waals surface area contributed by atoms with Gasteiger partial charge in [0, 0.05) is 24.4 Å². The van der Waals surface area contributed by atoms with Crippen molar-refractivity contribution in [1.29, 1.82) is 0 Å². The molecule has 19 heavy (non-hydrogen) atoms. The van der Waals surface area contributed by atoms with Crippen LogP contribution in [-0.4, -0.2) is 59.9 Å². The monoisotopic (exact) mass is 284 g/mol. The fourth-order valence-electron chi connectivity index (χ4n) is 3.23. The summed E-state index contributed by atoms with van der Waals surface area (Å²) in [6, 6.07) is 0.616. The van der Waals surface area contributed by atoms with Gasteiger partial charge in [-0.05, 0) is 51.3 Å². The highest BCUT2D eigenvalue weighted by atomic mass is 32.2. The van der Waals surface area contributed by atoms with Gasteiger partial charge in [0.2, 0.25) is 5.91 Å². The minimum Gasteiger partial charge on any atom is -0.342 e. The third kappa shape index (κ3) is 4.12. The molecule has 2 aliphatic rings. The van der Waals surface area contributed by atoms with Crippen LogP contribution in [0, 0.1) is 5.92 Å². The zero-order chi connectivity index (χ0) is 13.8. The number of nitrogens with zero attached hydrogens (tertiary/aromatic N) is 2. The molecule has 1 aliphatic carbocycles. The molecule has 0 N–H and O–H groups in total. The molecule has 0 aromatic carbocycles. The lowest BCUT2D eigenvalue weighted by molar-refractivity contribution is -0.133. The maximum absolute atomic E-state index is 12.3. The Morgan fingerprint density at radius 3 is 2.53 bits per heavy atom. The highest BCUT2D eigenvalue weighted by molar-refractivity contribution is 7.99. The predicted octanol–water partition coefficient (Wildman–Crippen LogP) is 2.46. The van der Waals surface area contributed by atoms with Crippen molar-refractivity contribution in [2.75, 3.05) is 32.9 Å². The van der Waals surface area contributed by atoms with Crippen LogP contribution in [0.3, 0.4) is 0 Å². The van der Waals surface area contributed by atoms with Gasteiger partial charge >= 0.3 is 0 Å². The predicted molar refractivity (Wildman–Crippen MR) is 82.6 cm³/mol. The topological polar surface area (TPSA) is 23.6 Å². The zero-order valence-electron chi connectivity index (χ0n) is 12.6. The molecule has 1 saturated heterocycles. The molecule has 2 fully saturated rings. The number of likely N-dealkylation sites (N-methyl/N-ethyl adjacent to an activating group) is 1. The van der Waals surface area contributed by atoms with Gasteiger partial charge in [-0.15, -0.1) is 0 Å². The molecular weight excluding hydrogens is 256 g/mol. The van der Waals surface area contributed by atoms with Gasteiger partial charge in [-0.2, -0.15) is 11.8 Å². The number of hydrogen-bond donors (Lipinski definition) is 0. The van der Waals surface area contributed by atoms with E-state index in [1.165, 1.54) is 32.1 Å². The molecule has 1 heterocycles. The van der Waals surface area contributed by atoms with Crippen molar-refractivity contribution in [3.8, 4) is 0 Å². The minimum absolute atomic E-state index is 0.335. The lowest BCUT2D eigenvalue weighted by Gasteiger charge is -2.33. The van der Waals surface area contributed by atoms with Crippen LogP contribution in [0.25, 0.3) is 0 Å². The lowest BCUT2D eigenvalue weighted by Crippen LogP contribution is -2.45. The molecule has 110 valence electrons. The first kappa shape index (κ1) is 15.2. The van der Waals surface area contributed by atoms with Gasteiger partial charge in [0.1, 0.15) is 0 Å². The van der Waals surface area contributed by atoms with Gasteiger partial charge in [-0.3, -0.25) is 9.69 Å². The number of amides is 1. The molecule has 0 spiro atoms. The first-order valence-electron chi connectivity index (χ1n) is 7.61. The summed E-state index contributed by atoms with van der Waals surface area (Å²) in [5.41, 5.74) is 0. The molecule has 4 heteroatoms. The maximum atomic E-state index is 12.3. The van der Waals surface area contributed by atoms with Crippen LogP contribution in [0.15, 0.2) is 0 Å². The summed E-state index contributed by atoms with van der Waals surface area (Å²) in [6.45, 7) is 4.83. The first-order chi connectivity index (χ1) is 9.10. The van der Waals surface area contributed by atoms with Gasteiger partial charge in [0.25, 0.3) is 0 Å². The van der Waals surface area contributed by atoms with Crippen molar-refractivity contribution >= 4 is 17.7 Å². The molecule has 1 amide bonds. The van der Waals surface area contributed by atoms with E-state index in [1.807, 2.05) is 11.8 Å². The molecule has 1 saturated carbocycles. The Morgan fingerprint density at radius 1 is 1.26 bits per heavy atom. The average molecular weight is 284 g/mol. The second-order valence-corrected chi connectivity index (χ2v) is 7.44. The molecule has 3 nitrogen and oxygen atoms in total. The second-order valence-electron chi connectivity index (χ2n) is 6.30. The van der Waals surface area contributed by atoms with E-state index in [0.717, 1.165) is 24.3 Å². The van der Waals surface area contributed by atoms with Crippen molar-refractivity contribution in [2.45, 2.75) is 50.3 Å². The SMILES string of the molecule is CS[C@@H]1CC[C@@H](N(C)CC(=O)N2CCC(C)CC2)C1. The van der Waals surface area contributed by atoms with Crippen molar-refractivity contribution in [3.05, 3.63) is 0 Å². The summed E-state index contributed by atoms with van der Waals surface area (Å²) in [7, 11) is 2.12. The molecule has 0 radical (unpaired) electrons. The van der Waals surface area contributed by atoms with Gasteiger partial charge < -0.3 is 4.90 Å². The van der Waals surface area contributed by atoms with E-state index in [1.54, 1.807) is 0 Å². The van der Waals surface area contributed by atoms with Crippen LogP contribution >= 0.6 is 11.8 Å². The van der Waals surface area contributed by atoms with Crippen molar-refractivity contribution in [1.82, 2.24) is 9.80 Å². The van der Waals surface area contributed by atoms with E-state index < -0.39 is 0 Å². The first-order valence-corrected chi connectivity index (χ1v) is 8.89. The normalized spacial score (nSPS) is 29.2. The molecule has 0 unspecified atom stereocenters. The van der Waals surface area contributed by atoms with Crippen LogP contribution < -0.4 is 0 Å². The van der Waals surface area contributed by atoms with Crippen molar-refractivity contribution < 1.29 is 4.79 Å². The standard InChI is InChI=1S/C15H28N2OS/c1-12-6-8-17(9-7-12)15(18)11-16(2)13-4-5-14(10-13)19-3/h12-14H,4-11H2,1-3H3/t13-,14-/m1/s1. The summed E-state index contributed by atoms with van der Waals surface area (Å²) in [5, 5.41) is 0.804. The fourth-order valence-corrected chi connectivity index (χ4v) is 4.02. The number of carbonyl (C=O) groups is 1. The van der Waals surface area contributed by atoms with Crippen LogP contribution in [0.5, 0.6) is 0 Å². The molecule has 0 aromatic rings. The summed E-state index contributed by atoms with van der Waals surface area (Å²) in [4.78, 5) is 16.7. The van der Waals surface area contributed by atoms with E-state index in [0.29, 0.717) is 18.5 Å². The maximum Gasteiger partial charge on any atom is 0.236 e. The van der Waals surface area contributed by atoms with Crippen molar-refractivity contribution in [3.63, 3.8) is 0 Å². The summed E-state index contributed by atoms with van der Waals surface area (Å²) in [6.07, 6.45) is 8.37. The Hall–Kier alpha value is -0.220. The zero-order valence-corrected chi connectivity index (χ0v) is 13.4. The van der Waals surface area contributed by atoms with Gasteiger partial charge in [-0.25, -0.2) is 0 Å². The number of carbonyl (C=O) groups excluding carboxylic acids is 1. The number of piperidine rings is 1. The quantitative estimate of drug-likeness (QED) is 0.792. The second kappa shape index (κ2) is 6.98. The third-order valence-electron chi connectivity index (χ3n) is 4.83. The van der Waals surface area contributed by atoms with E-state index in [2.05, 4.69) is 30.0 Å². The Morgan fingerprint density at radius 2 is 1.95 bits per heavy atom. The Kier molecular flexibility index (Phi) is 5.58. The van der Waals surface area contributed by atoms with E-state index in [9.17, 15) is 4.79 Å². The molecule has 2 rings (SSSR count). The Labute approximate surface area is 122 Å². The van der Waals surface area contributed by atoms with Crippen LogP contribution in [0.2, 0.25) is 0 Å². The summed E-state index contributed by atoms with van der Waals surface area (Å²) in [5.74, 6) is 1.13. The highest BCUT2D eigenvalue weighted by Crippen LogP contribution is 2.30. The Balaban J connectivity index is 1.75. The largest absolute Gasteiger partial charge is 0.342 e. The number of likely N-dealkylation sites (tertiary alicyclic amines) is 1. The van der Waals surface area contributed by atoms with E-state index in [4.69, 9.17) is 0 Å². The third-order valence-corrected chi connectivity index (χ3v) is 5.93. The van der Waals surface area contributed by atoms with Gasteiger partial charge in [-0.1, -0.05) is 6.92 Å². The average Bonchev–Trinajstić information content (AvgIpc) is 2.88. The van der Waals surface area contributed by atoms with Gasteiger partial charge in [0.05, 0.1) is 6.54 Å². The van der Waals surface area contributed by atoms with E-state index >= 15 is 0 Å². The molecule has 0 aromatic heterocycles. The highest BCUT2D eigenvalue weighted by Gasteiger charge is 2.29. The minimum atomic E-state index is 0.335. The molecule has 0 bridgehead atoms. The van der Waals surface area contributed by atoms with Crippen LogP contribution in [0.1, 0.15) is 39.0 Å². The van der Waals surface area contributed by atoms with Crippen LogP contribution in [-0.2, 0) is 4.79 Å². The van der Waals surface area contributed by atoms with Crippen LogP contribution in [0.4, 0.5) is 0 Å². The van der Waals surface area contributed by atoms with Gasteiger partial charge in [0.15, 0.2) is 0 Å². The fraction of sp³-hybridized carbons (Fsp3) is 0.933. The number of thioether (sulfide) groups is 1. The molecule has 2 atom stereocenters. The van der Waals surface area contributed by atoms with E-state index in [-0.39, 0.29) is 0 Å². The molecule has 1 aliphatic heterocycles. The van der Waals surface area contributed by atoms with Crippen molar-refractivity contribution in [2.24, 2.45) is 5.92 Å².